The molecule has 0 aromatic heterocycles. The van der Waals surface area contributed by atoms with Gasteiger partial charge in [0.05, 0.1) is 0 Å². The van der Waals surface area contributed by atoms with Crippen LogP contribution in [0.4, 0.5) is 5.69 Å². The number of carboxylic acids is 1. The Morgan fingerprint density at radius 1 is 1.60 bits per heavy atom. The van der Waals surface area contributed by atoms with Crippen LogP contribution < -0.4 is 11.5 Å². The lowest BCUT2D eigenvalue weighted by Crippen LogP contribution is -2.32. The van der Waals surface area contributed by atoms with Gasteiger partial charge >= 0.3 is 5.97 Å². The van der Waals surface area contributed by atoms with E-state index in [1.807, 2.05) is 12.1 Å². The van der Waals surface area contributed by atoms with E-state index in [1.165, 1.54) is 11.8 Å². The molecule has 0 saturated heterocycles. The highest BCUT2D eigenvalue weighted by molar-refractivity contribution is 9.10. The van der Waals surface area contributed by atoms with Gasteiger partial charge < -0.3 is 16.6 Å². The van der Waals surface area contributed by atoms with Crippen LogP contribution in [-0.2, 0) is 4.79 Å². The van der Waals surface area contributed by atoms with E-state index in [1.54, 1.807) is 6.07 Å². The van der Waals surface area contributed by atoms with Gasteiger partial charge in [-0.25, -0.2) is 0 Å². The fourth-order valence-electron chi connectivity index (χ4n) is 0.884. The van der Waals surface area contributed by atoms with E-state index in [4.69, 9.17) is 16.6 Å². The Morgan fingerprint density at radius 3 is 2.87 bits per heavy atom. The molecule has 1 atom stereocenters. The summed E-state index contributed by atoms with van der Waals surface area (Å²) in [4.78, 5) is 11.3. The average molecular weight is 291 g/mol. The zero-order chi connectivity index (χ0) is 11.4. The van der Waals surface area contributed by atoms with Crippen LogP contribution in [0.1, 0.15) is 0 Å². The van der Waals surface area contributed by atoms with Gasteiger partial charge in [0.15, 0.2) is 0 Å². The summed E-state index contributed by atoms with van der Waals surface area (Å²) in [6, 6.07) is 4.57. The Balaban J connectivity index is 2.65. The second-order valence-corrected chi connectivity index (χ2v) is 4.92. The van der Waals surface area contributed by atoms with Gasteiger partial charge in [-0.1, -0.05) is 15.9 Å². The molecule has 0 aliphatic carbocycles. The first-order valence-corrected chi connectivity index (χ1v) is 5.95. The minimum absolute atomic E-state index is 0.302. The first kappa shape index (κ1) is 12.4. The standard InChI is InChI=1S/C9H11BrN2O2S/c10-5-1-2-6(11)8(3-5)15-4-7(12)9(13)14/h1-3,7H,4,11-12H2,(H,13,14)/t7-/m0/s1. The molecule has 82 valence electrons. The van der Waals surface area contributed by atoms with Gasteiger partial charge in [-0.05, 0) is 18.2 Å². The second kappa shape index (κ2) is 5.39. The highest BCUT2D eigenvalue weighted by atomic mass is 79.9. The van der Waals surface area contributed by atoms with Crippen molar-refractivity contribution in [2.45, 2.75) is 10.9 Å². The molecule has 0 heterocycles. The predicted molar refractivity (Wildman–Crippen MR) is 64.9 cm³/mol. The molecular formula is C9H11BrN2O2S. The van der Waals surface area contributed by atoms with Crippen molar-refractivity contribution in [2.24, 2.45) is 5.73 Å². The fraction of sp³-hybridized carbons (Fsp3) is 0.222. The molecule has 6 heteroatoms. The lowest BCUT2D eigenvalue weighted by atomic mass is 10.3. The normalized spacial score (nSPS) is 12.4. The van der Waals surface area contributed by atoms with Crippen molar-refractivity contribution in [3.8, 4) is 0 Å². The van der Waals surface area contributed by atoms with Crippen molar-refractivity contribution in [3.63, 3.8) is 0 Å². The molecule has 0 aliphatic rings. The van der Waals surface area contributed by atoms with Gasteiger partial charge in [0.2, 0.25) is 0 Å². The molecule has 0 unspecified atom stereocenters. The molecule has 1 aromatic rings. The molecule has 0 saturated carbocycles. The number of rotatable bonds is 4. The van der Waals surface area contributed by atoms with Gasteiger partial charge in [0, 0.05) is 20.8 Å². The number of aliphatic carboxylic acids is 1. The van der Waals surface area contributed by atoms with Gasteiger partial charge in [-0.2, -0.15) is 0 Å². The second-order valence-electron chi connectivity index (χ2n) is 2.94. The van der Waals surface area contributed by atoms with Crippen LogP contribution >= 0.6 is 27.7 Å². The van der Waals surface area contributed by atoms with E-state index < -0.39 is 12.0 Å². The maximum absolute atomic E-state index is 10.5. The third kappa shape index (κ3) is 3.73. The maximum Gasteiger partial charge on any atom is 0.321 e. The summed E-state index contributed by atoms with van der Waals surface area (Å²) >= 11 is 4.65. The smallest absolute Gasteiger partial charge is 0.321 e. The van der Waals surface area contributed by atoms with Crippen molar-refractivity contribution >= 4 is 39.3 Å². The molecule has 0 amide bonds. The Hall–Kier alpha value is -0.720. The monoisotopic (exact) mass is 290 g/mol. The van der Waals surface area contributed by atoms with E-state index in [-0.39, 0.29) is 0 Å². The van der Waals surface area contributed by atoms with E-state index in [0.29, 0.717) is 11.4 Å². The van der Waals surface area contributed by atoms with E-state index >= 15 is 0 Å². The van der Waals surface area contributed by atoms with E-state index in [9.17, 15) is 4.79 Å². The quantitative estimate of drug-likeness (QED) is 0.578. The van der Waals surface area contributed by atoms with Gasteiger partial charge in [0.25, 0.3) is 0 Å². The molecule has 0 bridgehead atoms. The van der Waals surface area contributed by atoms with Crippen molar-refractivity contribution in [1.82, 2.24) is 0 Å². The number of halogens is 1. The Kier molecular flexibility index (Phi) is 4.44. The van der Waals surface area contributed by atoms with Gasteiger partial charge in [-0.3, -0.25) is 4.79 Å². The molecule has 1 rings (SSSR count). The molecule has 4 nitrogen and oxygen atoms in total. The summed E-state index contributed by atoms with van der Waals surface area (Å²) in [6.07, 6.45) is 0. The Bertz CT molecular complexity index is 373. The maximum atomic E-state index is 10.5. The average Bonchev–Trinajstić information content (AvgIpc) is 2.18. The summed E-state index contributed by atoms with van der Waals surface area (Å²) in [5, 5.41) is 8.61. The molecule has 0 spiro atoms. The predicted octanol–water partition coefficient (Wildman–Crippen LogP) is 1.54. The van der Waals surface area contributed by atoms with Crippen LogP contribution in [0.5, 0.6) is 0 Å². The zero-order valence-corrected chi connectivity index (χ0v) is 10.2. The number of benzene rings is 1. The highest BCUT2D eigenvalue weighted by Gasteiger charge is 2.12. The lowest BCUT2D eigenvalue weighted by molar-refractivity contribution is -0.137. The number of hydrogen-bond acceptors (Lipinski definition) is 4. The third-order valence-corrected chi connectivity index (χ3v) is 3.39. The SMILES string of the molecule is Nc1ccc(Br)cc1SC[C@H](N)C(=O)O. The van der Waals surface area contributed by atoms with Crippen LogP contribution in [0, 0.1) is 0 Å². The van der Waals surface area contributed by atoms with Crippen LogP contribution in [0.2, 0.25) is 0 Å². The van der Waals surface area contributed by atoms with Crippen molar-refractivity contribution < 1.29 is 9.90 Å². The first-order chi connectivity index (χ1) is 7.00. The molecule has 1 aromatic carbocycles. The fourth-order valence-corrected chi connectivity index (χ4v) is 2.34. The van der Waals surface area contributed by atoms with Crippen LogP contribution in [0.25, 0.3) is 0 Å². The zero-order valence-electron chi connectivity index (χ0n) is 7.81. The minimum Gasteiger partial charge on any atom is -0.480 e. The van der Waals surface area contributed by atoms with E-state index in [0.717, 1.165) is 9.37 Å². The van der Waals surface area contributed by atoms with Crippen molar-refractivity contribution in [3.05, 3.63) is 22.7 Å². The molecule has 0 fully saturated rings. The summed E-state index contributed by atoms with van der Waals surface area (Å²) in [5.74, 6) is -0.702. The Morgan fingerprint density at radius 2 is 2.27 bits per heavy atom. The minimum atomic E-state index is -1.00. The van der Waals surface area contributed by atoms with Gasteiger partial charge in [0.1, 0.15) is 6.04 Å². The number of nitrogens with two attached hydrogens (primary N) is 2. The number of nitrogen functional groups attached to an aromatic ring is 1. The molecule has 15 heavy (non-hydrogen) atoms. The van der Waals surface area contributed by atoms with Crippen molar-refractivity contribution in [2.75, 3.05) is 11.5 Å². The summed E-state index contributed by atoms with van der Waals surface area (Å²) in [7, 11) is 0. The summed E-state index contributed by atoms with van der Waals surface area (Å²) < 4.78 is 0.906. The van der Waals surface area contributed by atoms with Crippen LogP contribution in [0.3, 0.4) is 0 Å². The molecule has 5 N–H and O–H groups in total. The molecule has 0 radical (unpaired) electrons. The third-order valence-electron chi connectivity index (χ3n) is 1.71. The number of carboxylic acid groups (broad SMARTS) is 1. The molecular weight excluding hydrogens is 280 g/mol. The van der Waals surface area contributed by atoms with E-state index in [2.05, 4.69) is 15.9 Å². The Labute approximate surface area is 100 Å². The number of anilines is 1. The van der Waals surface area contributed by atoms with Crippen LogP contribution in [0.15, 0.2) is 27.6 Å². The number of hydrogen-bond donors (Lipinski definition) is 3. The molecule has 0 aliphatic heterocycles. The number of thioether (sulfide) groups is 1. The van der Waals surface area contributed by atoms with Gasteiger partial charge in [-0.15, -0.1) is 11.8 Å². The topological polar surface area (TPSA) is 89.3 Å². The lowest BCUT2D eigenvalue weighted by Gasteiger charge is -2.08. The highest BCUT2D eigenvalue weighted by Crippen LogP contribution is 2.28. The summed E-state index contributed by atoms with van der Waals surface area (Å²) in [6.45, 7) is 0. The van der Waals surface area contributed by atoms with Crippen molar-refractivity contribution in [1.29, 1.82) is 0 Å². The number of carbonyl (C=O) groups is 1. The summed E-state index contributed by atoms with van der Waals surface area (Å²) in [5.41, 5.74) is 11.7. The first-order valence-electron chi connectivity index (χ1n) is 4.17. The van der Waals surface area contributed by atoms with Crippen LogP contribution in [-0.4, -0.2) is 22.9 Å². The largest absolute Gasteiger partial charge is 0.480 e.